The van der Waals surface area contributed by atoms with Crippen LogP contribution in [0.4, 0.5) is 0 Å². The molecule has 8 aliphatic rings. The van der Waals surface area contributed by atoms with Crippen molar-refractivity contribution in [1.82, 2.24) is 30.0 Å². The molecule has 0 radical (unpaired) electrons. The molecule has 0 bridgehead atoms. The summed E-state index contributed by atoms with van der Waals surface area (Å²) >= 11 is 0. The molecule has 0 amide bonds. The number of rotatable bonds is 6. The van der Waals surface area contributed by atoms with E-state index in [1.54, 1.807) is 34.3 Å². The van der Waals surface area contributed by atoms with Crippen LogP contribution in [0.5, 0.6) is 0 Å². The maximum Gasteiger partial charge on any atom is 0.159 e. The van der Waals surface area contributed by atoms with E-state index in [2.05, 4.69) is 48.2 Å². The Labute approximate surface area is 347 Å². The lowest BCUT2D eigenvalue weighted by Gasteiger charge is -2.57. The van der Waals surface area contributed by atoms with Gasteiger partial charge in [0.2, 0.25) is 0 Å². The second kappa shape index (κ2) is 15.2. The molecule has 8 aliphatic carbocycles. The van der Waals surface area contributed by atoms with Crippen molar-refractivity contribution < 1.29 is 19.8 Å². The number of ketones is 2. The highest BCUT2D eigenvalue weighted by atomic mass is 16.3. The number of aliphatic hydroxyl groups is 2. The Morgan fingerprint density at radius 2 is 1.07 bits per heavy atom. The Morgan fingerprint density at radius 3 is 1.53 bits per heavy atom. The van der Waals surface area contributed by atoms with Gasteiger partial charge < -0.3 is 10.2 Å². The lowest BCUT2D eigenvalue weighted by atomic mass is 9.48. The summed E-state index contributed by atoms with van der Waals surface area (Å²) in [6.45, 7) is 14.4. The van der Waals surface area contributed by atoms with Crippen molar-refractivity contribution in [3.63, 3.8) is 0 Å². The predicted octanol–water partition coefficient (Wildman–Crippen LogP) is 8.23. The number of hydrogen-bond acceptors (Lipinski definition) is 8. The molecular formula is C48H74N6O4. The fourth-order valence-electron chi connectivity index (χ4n) is 17.4. The Balaban J connectivity index is 0.000000150. The molecule has 58 heavy (non-hydrogen) atoms. The molecule has 10 nitrogen and oxygen atoms in total. The van der Waals surface area contributed by atoms with Crippen LogP contribution in [-0.2, 0) is 22.7 Å². The Morgan fingerprint density at radius 1 is 0.603 bits per heavy atom. The van der Waals surface area contributed by atoms with E-state index in [0.717, 1.165) is 74.0 Å². The van der Waals surface area contributed by atoms with Gasteiger partial charge in [-0.3, -0.25) is 9.59 Å². The molecule has 2 aromatic rings. The van der Waals surface area contributed by atoms with Crippen LogP contribution >= 0.6 is 0 Å². The summed E-state index contributed by atoms with van der Waals surface area (Å²) in [6, 6.07) is 0. The third-order valence-corrected chi connectivity index (χ3v) is 19.4. The van der Waals surface area contributed by atoms with E-state index in [1.807, 2.05) is 13.8 Å². The second-order valence-corrected chi connectivity index (χ2v) is 22.9. The number of carbonyl (C=O) groups excluding carboxylic acids is 2. The highest BCUT2D eigenvalue weighted by Crippen LogP contribution is 2.68. The van der Waals surface area contributed by atoms with Gasteiger partial charge in [-0.25, -0.2) is 4.68 Å². The Hall–Kier alpha value is -2.46. The van der Waals surface area contributed by atoms with Crippen molar-refractivity contribution in [3.05, 3.63) is 24.8 Å². The van der Waals surface area contributed by atoms with Gasteiger partial charge in [0.15, 0.2) is 11.6 Å². The SMILES string of the molecule is C[C@@H]1C[C@H](C(=O)Cn2ccnn2)[C@@]2(C)CC[C@H]3[C@@H](CC[C@@H]4C[C@](C)(O)CC[C@@H]43)[C@H]12.C[C@@H]1C[C@H](C(=O)Cn2nccn2)[C@@]2(C)CC[C@H]3[C@@H](CC[C@@H]4C[C@](C)(O)CC[C@@H]43)[C@H]12. The molecule has 0 aromatic carbocycles. The summed E-state index contributed by atoms with van der Waals surface area (Å²) < 4.78 is 1.69. The fraction of sp³-hybridized carbons (Fsp3) is 0.875. The summed E-state index contributed by atoms with van der Waals surface area (Å²) in [6.07, 6.45) is 25.2. The zero-order valence-electron chi connectivity index (χ0n) is 36.5. The minimum atomic E-state index is -0.449. The van der Waals surface area contributed by atoms with E-state index in [-0.39, 0.29) is 22.7 Å². The van der Waals surface area contributed by atoms with Crippen molar-refractivity contribution >= 4 is 11.6 Å². The van der Waals surface area contributed by atoms with E-state index >= 15 is 0 Å². The van der Waals surface area contributed by atoms with Crippen LogP contribution in [-0.4, -0.2) is 63.0 Å². The van der Waals surface area contributed by atoms with Crippen molar-refractivity contribution in [2.24, 2.45) is 93.7 Å². The second-order valence-electron chi connectivity index (χ2n) is 22.9. The summed E-state index contributed by atoms with van der Waals surface area (Å²) in [4.78, 5) is 28.1. The third kappa shape index (κ3) is 7.17. The van der Waals surface area contributed by atoms with Crippen LogP contribution in [0, 0.1) is 93.7 Å². The molecule has 0 unspecified atom stereocenters. The lowest BCUT2D eigenvalue weighted by Crippen LogP contribution is -2.51. The molecule has 10 rings (SSSR count). The largest absolute Gasteiger partial charge is 0.390 e. The molecule has 2 heterocycles. The first kappa shape index (κ1) is 40.9. The molecule has 2 N–H and O–H groups in total. The zero-order valence-corrected chi connectivity index (χ0v) is 36.5. The van der Waals surface area contributed by atoms with Gasteiger partial charge in [0.1, 0.15) is 13.1 Å². The maximum atomic E-state index is 13.3. The number of Topliss-reactive ketones (excluding diaryl/α,β-unsaturated/α-hetero) is 2. The molecular weight excluding hydrogens is 725 g/mol. The van der Waals surface area contributed by atoms with Gasteiger partial charge in [0.25, 0.3) is 0 Å². The minimum absolute atomic E-state index is 0.137. The fourth-order valence-corrected chi connectivity index (χ4v) is 17.4. The average Bonchev–Trinajstić information content (AvgIpc) is 3.98. The van der Waals surface area contributed by atoms with Crippen molar-refractivity contribution in [2.45, 2.75) is 169 Å². The van der Waals surface area contributed by atoms with Gasteiger partial charge >= 0.3 is 0 Å². The molecule has 0 aliphatic heterocycles. The molecule has 0 spiro atoms. The third-order valence-electron chi connectivity index (χ3n) is 19.4. The summed E-state index contributed by atoms with van der Waals surface area (Å²) in [7, 11) is 0. The van der Waals surface area contributed by atoms with Gasteiger partial charge in [0, 0.05) is 18.0 Å². The van der Waals surface area contributed by atoms with Gasteiger partial charge in [-0.2, -0.15) is 15.0 Å². The topological polar surface area (TPSA) is 136 Å². The highest BCUT2D eigenvalue weighted by Gasteiger charge is 2.62. The summed E-state index contributed by atoms with van der Waals surface area (Å²) in [5.74, 6) is 9.80. The van der Waals surface area contributed by atoms with E-state index < -0.39 is 11.2 Å². The number of nitrogens with zero attached hydrogens (tertiary/aromatic N) is 6. The smallest absolute Gasteiger partial charge is 0.159 e. The Kier molecular flexibility index (Phi) is 10.7. The maximum absolute atomic E-state index is 13.3. The number of fused-ring (bicyclic) bond motifs is 10. The highest BCUT2D eigenvalue weighted by molar-refractivity contribution is 5.82. The average molecular weight is 799 g/mol. The van der Waals surface area contributed by atoms with E-state index in [4.69, 9.17) is 0 Å². The van der Waals surface area contributed by atoms with Crippen LogP contribution in [0.25, 0.3) is 0 Å². The van der Waals surface area contributed by atoms with E-state index in [0.29, 0.717) is 60.2 Å². The first-order valence-electron chi connectivity index (χ1n) is 23.8. The van der Waals surface area contributed by atoms with E-state index in [1.165, 1.54) is 64.2 Å². The molecule has 2 aromatic heterocycles. The molecule has 320 valence electrons. The van der Waals surface area contributed by atoms with Crippen molar-refractivity contribution in [3.8, 4) is 0 Å². The van der Waals surface area contributed by atoms with Gasteiger partial charge in [-0.1, -0.05) is 32.9 Å². The van der Waals surface area contributed by atoms with Gasteiger partial charge in [-0.05, 0) is 198 Å². The zero-order chi connectivity index (χ0) is 40.8. The monoisotopic (exact) mass is 799 g/mol. The van der Waals surface area contributed by atoms with E-state index in [9.17, 15) is 19.8 Å². The van der Waals surface area contributed by atoms with Gasteiger partial charge in [-0.15, -0.1) is 5.10 Å². The molecule has 0 saturated heterocycles. The van der Waals surface area contributed by atoms with Gasteiger partial charge in [0.05, 0.1) is 29.8 Å². The number of hydrogen-bond donors (Lipinski definition) is 2. The summed E-state index contributed by atoms with van der Waals surface area (Å²) in [5, 5.41) is 37.4. The van der Waals surface area contributed by atoms with Crippen LogP contribution < -0.4 is 0 Å². The first-order chi connectivity index (χ1) is 27.6. The molecule has 10 heteroatoms. The van der Waals surface area contributed by atoms with Crippen LogP contribution in [0.1, 0.15) is 144 Å². The molecule has 8 saturated carbocycles. The first-order valence-corrected chi connectivity index (χ1v) is 23.8. The molecule has 18 atom stereocenters. The molecule has 8 fully saturated rings. The Bertz CT molecular complexity index is 1650. The quantitative estimate of drug-likeness (QED) is 0.299. The van der Waals surface area contributed by atoms with Crippen molar-refractivity contribution in [2.75, 3.05) is 0 Å². The standard InChI is InChI=1S/2C24H37N3O2/c1-15-12-20(21(28)14-27-11-10-25-26-27)24(3)9-7-18-17-6-8-23(2,29)13-16(17)4-5-19(18)22(15)24;1-15-12-20(21(28)14-27-25-10-11-26-27)24(3)9-7-18-17-6-8-23(2,29)13-16(17)4-5-19(18)22(15)24/h2*10-11,15-20,22,29H,4-9,12-14H2,1-3H3/t2*15-,16-,17+,18-,19-,20-,22+,23-,24-/m11/s1. The van der Waals surface area contributed by atoms with Crippen LogP contribution in [0.15, 0.2) is 24.8 Å². The minimum Gasteiger partial charge on any atom is -0.390 e. The number of carbonyl (C=O) groups is 2. The van der Waals surface area contributed by atoms with Crippen LogP contribution in [0.3, 0.4) is 0 Å². The lowest BCUT2D eigenvalue weighted by molar-refractivity contribution is -0.134. The predicted molar refractivity (Wildman–Crippen MR) is 222 cm³/mol. The number of aromatic nitrogens is 6. The van der Waals surface area contributed by atoms with Crippen molar-refractivity contribution in [1.29, 1.82) is 0 Å². The van der Waals surface area contributed by atoms with Crippen LogP contribution in [0.2, 0.25) is 0 Å². The normalized spacial score (nSPS) is 49.2. The summed E-state index contributed by atoms with van der Waals surface area (Å²) in [5.41, 5.74) is -0.615.